The zero-order valence-corrected chi connectivity index (χ0v) is 16.7. The van der Waals surface area contributed by atoms with Crippen LogP contribution >= 0.6 is 0 Å². The molecule has 22 heavy (non-hydrogen) atoms. The molecule has 0 spiro atoms. The summed E-state index contributed by atoms with van der Waals surface area (Å²) in [5.41, 5.74) is 0.620. The van der Waals surface area contributed by atoms with Crippen molar-refractivity contribution in [2.45, 2.75) is 131 Å². The minimum Gasteiger partial charge on any atom is -0.0654 e. The zero-order valence-electron chi connectivity index (χ0n) is 16.7. The Labute approximate surface area is 142 Å². The molecule has 0 nitrogen and oxygen atoms in total. The van der Waals surface area contributed by atoms with Gasteiger partial charge in [-0.05, 0) is 30.6 Å². The van der Waals surface area contributed by atoms with Gasteiger partial charge in [0.1, 0.15) is 0 Å². The molecule has 0 fully saturated rings. The van der Waals surface area contributed by atoms with E-state index in [1.54, 1.807) is 0 Å². The fourth-order valence-corrected chi connectivity index (χ4v) is 3.92. The summed E-state index contributed by atoms with van der Waals surface area (Å²) in [6, 6.07) is 0. The van der Waals surface area contributed by atoms with E-state index in [2.05, 4.69) is 34.6 Å². The third-order valence-corrected chi connectivity index (χ3v) is 5.59. The highest BCUT2D eigenvalue weighted by atomic mass is 14.3. The molecule has 0 heterocycles. The lowest BCUT2D eigenvalue weighted by atomic mass is 9.72. The lowest BCUT2D eigenvalue weighted by molar-refractivity contribution is 0.181. The van der Waals surface area contributed by atoms with Crippen LogP contribution in [0.5, 0.6) is 0 Å². The largest absolute Gasteiger partial charge is 0.0654 e. The van der Waals surface area contributed by atoms with Gasteiger partial charge in [-0.3, -0.25) is 0 Å². The second-order valence-corrected chi connectivity index (χ2v) is 8.05. The van der Waals surface area contributed by atoms with Gasteiger partial charge < -0.3 is 0 Å². The Bertz CT molecular complexity index is 220. The topological polar surface area (TPSA) is 0 Å². The summed E-state index contributed by atoms with van der Waals surface area (Å²) in [5, 5.41) is 0. The molecule has 0 bridgehead atoms. The normalized spacial score (nSPS) is 15.7. The van der Waals surface area contributed by atoms with Gasteiger partial charge >= 0.3 is 0 Å². The van der Waals surface area contributed by atoms with Gasteiger partial charge in [-0.25, -0.2) is 0 Å². The quantitative estimate of drug-likeness (QED) is 0.250. The van der Waals surface area contributed by atoms with E-state index in [1.807, 2.05) is 0 Å². The molecule has 0 aromatic carbocycles. The molecule has 0 aliphatic rings. The van der Waals surface area contributed by atoms with E-state index >= 15 is 0 Å². The Balaban J connectivity index is 4.30. The van der Waals surface area contributed by atoms with E-state index in [0.29, 0.717) is 5.41 Å². The monoisotopic (exact) mass is 310 g/mol. The summed E-state index contributed by atoms with van der Waals surface area (Å²) in [4.78, 5) is 0. The van der Waals surface area contributed by atoms with E-state index < -0.39 is 0 Å². The van der Waals surface area contributed by atoms with Crippen LogP contribution in [0.4, 0.5) is 0 Å². The van der Waals surface area contributed by atoms with Crippen LogP contribution < -0.4 is 0 Å². The maximum Gasteiger partial charge on any atom is -0.0323 e. The molecule has 0 amide bonds. The third-order valence-electron chi connectivity index (χ3n) is 5.59. The van der Waals surface area contributed by atoms with E-state index in [4.69, 9.17) is 0 Å². The molecule has 0 aromatic heterocycles. The first-order valence-corrected chi connectivity index (χ1v) is 10.6. The molecule has 0 heteroatoms. The van der Waals surface area contributed by atoms with Crippen LogP contribution in [-0.2, 0) is 0 Å². The summed E-state index contributed by atoms with van der Waals surface area (Å²) in [5.74, 6) is 0.977. The smallest absolute Gasteiger partial charge is 0.0323 e. The van der Waals surface area contributed by atoms with Crippen molar-refractivity contribution in [3.63, 3.8) is 0 Å². The van der Waals surface area contributed by atoms with Gasteiger partial charge in [0.15, 0.2) is 0 Å². The number of unbranched alkanes of at least 4 members (excludes halogenated alkanes) is 7. The molecular formula is C22H46. The molecule has 0 saturated carbocycles. The van der Waals surface area contributed by atoms with Crippen LogP contribution in [0.25, 0.3) is 0 Å². The number of hydrogen-bond donors (Lipinski definition) is 0. The van der Waals surface area contributed by atoms with Crippen LogP contribution in [0, 0.1) is 11.3 Å². The van der Waals surface area contributed by atoms with Crippen molar-refractivity contribution in [3.8, 4) is 0 Å². The molecule has 0 saturated heterocycles. The standard InChI is InChI=1S/C22H46/c1-6-10-13-15-17-21(9-4)20-22(5,18-12-8-3)19-16-14-11-7-2/h21H,6-20H2,1-5H3. The lowest BCUT2D eigenvalue weighted by Crippen LogP contribution is -2.21. The van der Waals surface area contributed by atoms with Gasteiger partial charge in [0, 0.05) is 0 Å². The molecular weight excluding hydrogens is 264 g/mol. The van der Waals surface area contributed by atoms with Gasteiger partial charge in [-0.2, -0.15) is 0 Å². The molecule has 0 rings (SSSR count). The predicted molar refractivity (Wildman–Crippen MR) is 104 cm³/mol. The summed E-state index contributed by atoms with van der Waals surface area (Å²) < 4.78 is 0. The van der Waals surface area contributed by atoms with Crippen LogP contribution in [0.1, 0.15) is 131 Å². The van der Waals surface area contributed by atoms with Crippen molar-refractivity contribution in [2.24, 2.45) is 11.3 Å². The molecule has 2 unspecified atom stereocenters. The van der Waals surface area contributed by atoms with E-state index in [9.17, 15) is 0 Å². The van der Waals surface area contributed by atoms with E-state index in [0.717, 1.165) is 5.92 Å². The number of rotatable bonds is 16. The highest BCUT2D eigenvalue weighted by molar-refractivity contribution is 4.78. The maximum absolute atomic E-state index is 2.60. The van der Waals surface area contributed by atoms with E-state index in [1.165, 1.54) is 96.3 Å². The highest BCUT2D eigenvalue weighted by Crippen LogP contribution is 2.39. The van der Waals surface area contributed by atoms with Gasteiger partial charge in [0.2, 0.25) is 0 Å². The minimum atomic E-state index is 0.620. The Morgan fingerprint density at radius 2 is 1.18 bits per heavy atom. The third kappa shape index (κ3) is 11.6. The molecule has 0 radical (unpaired) electrons. The minimum absolute atomic E-state index is 0.620. The maximum atomic E-state index is 2.60. The molecule has 0 aromatic rings. The van der Waals surface area contributed by atoms with Gasteiger partial charge in [0.05, 0.1) is 0 Å². The van der Waals surface area contributed by atoms with Gasteiger partial charge in [-0.1, -0.05) is 112 Å². The first-order valence-electron chi connectivity index (χ1n) is 10.6. The van der Waals surface area contributed by atoms with Crippen molar-refractivity contribution >= 4 is 0 Å². The van der Waals surface area contributed by atoms with Crippen molar-refractivity contribution in [2.75, 3.05) is 0 Å². The molecule has 0 aliphatic carbocycles. The van der Waals surface area contributed by atoms with E-state index in [-0.39, 0.29) is 0 Å². The summed E-state index contributed by atoms with van der Waals surface area (Å²) in [7, 11) is 0. The SMILES string of the molecule is CCCCCCC(CC)CC(C)(CCCC)CCCCCC. The van der Waals surface area contributed by atoms with Crippen LogP contribution in [0.15, 0.2) is 0 Å². The second-order valence-electron chi connectivity index (χ2n) is 8.05. The van der Waals surface area contributed by atoms with Gasteiger partial charge in [0.25, 0.3) is 0 Å². The lowest BCUT2D eigenvalue weighted by Gasteiger charge is -2.34. The fraction of sp³-hybridized carbons (Fsp3) is 1.00. The van der Waals surface area contributed by atoms with Crippen LogP contribution in [0.2, 0.25) is 0 Å². The number of hydrogen-bond acceptors (Lipinski definition) is 0. The molecule has 134 valence electrons. The molecule has 0 N–H and O–H groups in total. The van der Waals surface area contributed by atoms with Crippen molar-refractivity contribution in [3.05, 3.63) is 0 Å². The zero-order chi connectivity index (χ0) is 16.7. The van der Waals surface area contributed by atoms with Gasteiger partial charge in [-0.15, -0.1) is 0 Å². The fourth-order valence-electron chi connectivity index (χ4n) is 3.92. The van der Waals surface area contributed by atoms with Crippen molar-refractivity contribution < 1.29 is 0 Å². The highest BCUT2D eigenvalue weighted by Gasteiger charge is 2.26. The Morgan fingerprint density at radius 1 is 0.636 bits per heavy atom. The Morgan fingerprint density at radius 3 is 1.73 bits per heavy atom. The van der Waals surface area contributed by atoms with Crippen LogP contribution in [-0.4, -0.2) is 0 Å². The first kappa shape index (κ1) is 22.0. The first-order chi connectivity index (χ1) is 10.6. The average molecular weight is 311 g/mol. The Hall–Kier alpha value is 0. The van der Waals surface area contributed by atoms with Crippen molar-refractivity contribution in [1.29, 1.82) is 0 Å². The molecule has 0 aliphatic heterocycles. The summed E-state index contributed by atoms with van der Waals surface area (Å²) in [6.45, 7) is 12.0. The summed E-state index contributed by atoms with van der Waals surface area (Å²) >= 11 is 0. The molecule has 2 atom stereocenters. The predicted octanol–water partition coefficient (Wildman–Crippen LogP) is 8.54. The average Bonchev–Trinajstić information content (AvgIpc) is 2.53. The second kappa shape index (κ2) is 14.6. The van der Waals surface area contributed by atoms with Crippen molar-refractivity contribution in [1.82, 2.24) is 0 Å². The Kier molecular flexibility index (Phi) is 14.6. The van der Waals surface area contributed by atoms with Crippen LogP contribution in [0.3, 0.4) is 0 Å². The summed E-state index contributed by atoms with van der Waals surface area (Å²) in [6.07, 6.45) is 21.5.